The number of Topliss-reactive ketones (excluding diaryl/α,β-unsaturated/α-hetero) is 1. The van der Waals surface area contributed by atoms with Crippen LogP contribution in [0.4, 0.5) is 4.79 Å². The quantitative estimate of drug-likeness (QED) is 0.0672. The minimum absolute atomic E-state index is 0.0638. The zero-order chi connectivity index (χ0) is 44.8. The highest BCUT2D eigenvalue weighted by Gasteiger charge is 2.59. The number of rotatable bonds is 9. The van der Waals surface area contributed by atoms with Crippen LogP contribution in [0.25, 0.3) is 10.6 Å². The van der Waals surface area contributed by atoms with Crippen molar-refractivity contribution in [2.75, 3.05) is 27.8 Å². The number of oxime groups is 1. The number of carbonyl (C=O) groups excluding carboxylic acids is 4. The number of carbonyl (C=O) groups is 4. The molecule has 0 amide bonds. The van der Waals surface area contributed by atoms with Gasteiger partial charge in [-0.15, -0.1) is 11.3 Å². The Hall–Kier alpha value is -4.40. The number of thiophene rings is 1. The van der Waals surface area contributed by atoms with E-state index in [-0.39, 0.29) is 31.6 Å². The fourth-order valence-electron chi connectivity index (χ4n) is 8.85. The van der Waals surface area contributed by atoms with Crippen LogP contribution < -0.4 is 0 Å². The van der Waals surface area contributed by atoms with E-state index in [1.165, 1.54) is 32.3 Å². The van der Waals surface area contributed by atoms with Crippen molar-refractivity contribution in [2.24, 2.45) is 28.8 Å². The number of esters is 2. The Kier molecular flexibility index (Phi) is 15.8. The van der Waals surface area contributed by atoms with Crippen molar-refractivity contribution in [3.8, 4) is 22.4 Å². The highest BCUT2D eigenvalue weighted by molar-refractivity contribution is 7.16. The molecular weight excluding hydrogens is 807 g/mol. The van der Waals surface area contributed by atoms with Crippen LogP contribution in [-0.2, 0) is 52.4 Å². The smallest absolute Gasteiger partial charge is 0.457 e. The van der Waals surface area contributed by atoms with Gasteiger partial charge in [0.1, 0.15) is 12.0 Å². The van der Waals surface area contributed by atoms with Gasteiger partial charge in [-0.1, -0.05) is 50.8 Å². The summed E-state index contributed by atoms with van der Waals surface area (Å²) in [4.78, 5) is 67.9. The van der Waals surface area contributed by atoms with E-state index in [1.54, 1.807) is 27.0 Å². The van der Waals surface area contributed by atoms with Crippen molar-refractivity contribution in [2.45, 2.75) is 136 Å². The lowest BCUT2D eigenvalue weighted by atomic mass is 9.74. The number of nitrogens with zero attached hydrogens (tertiary/aromatic N) is 3. The Morgan fingerprint density at radius 2 is 1.79 bits per heavy atom. The van der Waals surface area contributed by atoms with Crippen molar-refractivity contribution in [3.05, 3.63) is 41.4 Å². The van der Waals surface area contributed by atoms with Crippen molar-refractivity contribution >= 4 is 40.9 Å². The van der Waals surface area contributed by atoms with Crippen LogP contribution in [0.5, 0.6) is 0 Å². The van der Waals surface area contributed by atoms with Crippen LogP contribution in [-0.4, -0.2) is 121 Å². The molecule has 61 heavy (non-hydrogen) atoms. The van der Waals surface area contributed by atoms with E-state index in [0.717, 1.165) is 15.4 Å². The van der Waals surface area contributed by atoms with Crippen LogP contribution in [0, 0.1) is 35.5 Å². The highest BCUT2D eigenvalue weighted by Crippen LogP contribution is 2.42. The zero-order valence-corrected chi connectivity index (χ0v) is 38.1. The van der Waals surface area contributed by atoms with Gasteiger partial charge in [-0.25, -0.2) is 4.79 Å². The molecule has 2 aromatic rings. The van der Waals surface area contributed by atoms with Gasteiger partial charge < -0.3 is 42.9 Å². The monoisotopic (exact) mass is 867 g/mol. The fourth-order valence-corrected chi connectivity index (χ4v) is 9.71. The number of ether oxygens (including phenoxy) is 7. The van der Waals surface area contributed by atoms with E-state index < -0.39 is 89.5 Å². The molecule has 3 saturated heterocycles. The van der Waals surface area contributed by atoms with E-state index in [1.807, 2.05) is 77.0 Å². The highest BCUT2D eigenvalue weighted by atomic mass is 32.1. The molecular formula is C45H61N3O12S. The molecule has 0 bridgehead atoms. The lowest BCUT2D eigenvalue weighted by molar-refractivity contribution is -0.297. The predicted octanol–water partition coefficient (Wildman–Crippen LogP) is 6.45. The Morgan fingerprint density at radius 3 is 2.43 bits per heavy atom. The third-order valence-corrected chi connectivity index (χ3v) is 13.1. The number of hydrogen-bond acceptors (Lipinski definition) is 16. The fraction of sp³-hybridized carbons (Fsp3) is 0.644. The summed E-state index contributed by atoms with van der Waals surface area (Å²) in [6, 6.07) is 9.35. The standard InChI is InChI=1S/C45H61N3O12S/c1-13-35-45(9)40(59-43(52)60-45)27(4)36(47-54-22-16-17-31-19-20-34(61-31)32-18-14-15-21-46-32)25(2)24-44(8,53-12)39(28(5)37(50)29(6)41(51)57-35)58-42-38(56-30(7)49)33(48(10)11)23-26(3)55-42/h14-15,18-21,25-29,33,35,38-40,42H,13,22-24H2,1-12H3/b47-36+/t25-,26-,27+,28+,29-,33+,35-,38-,39-,40-,42+,44-,45-/m1/s1. The summed E-state index contributed by atoms with van der Waals surface area (Å²) in [5.74, 6) is 1.02. The molecule has 3 aliphatic heterocycles. The molecule has 0 saturated carbocycles. The number of pyridine rings is 1. The molecule has 3 fully saturated rings. The van der Waals surface area contributed by atoms with Crippen LogP contribution in [0.1, 0.15) is 86.5 Å². The summed E-state index contributed by atoms with van der Waals surface area (Å²) < 4.78 is 43.1. The third kappa shape index (κ3) is 10.8. The minimum atomic E-state index is -1.45. The maximum atomic E-state index is 14.5. The Labute approximate surface area is 363 Å². The number of methoxy groups -OCH3 is 1. The first-order chi connectivity index (χ1) is 28.8. The first kappa shape index (κ1) is 47.6. The van der Waals surface area contributed by atoms with Gasteiger partial charge in [0.25, 0.3) is 0 Å². The first-order valence-corrected chi connectivity index (χ1v) is 21.7. The number of likely N-dealkylation sites (N-methyl/N-ethyl adjacent to an activating group) is 1. The molecule has 0 spiro atoms. The summed E-state index contributed by atoms with van der Waals surface area (Å²) in [5.41, 5.74) is -1.39. The molecule has 2 aromatic heterocycles. The van der Waals surface area contributed by atoms with Gasteiger partial charge in [0, 0.05) is 38.0 Å². The number of fused-ring (bicyclic) bond motifs is 1. The van der Waals surface area contributed by atoms with Crippen molar-refractivity contribution in [1.82, 2.24) is 9.88 Å². The molecule has 0 aliphatic carbocycles. The number of hydrogen-bond donors (Lipinski definition) is 0. The van der Waals surface area contributed by atoms with Crippen LogP contribution in [0.3, 0.4) is 0 Å². The second-order valence-corrected chi connectivity index (χ2v) is 18.0. The summed E-state index contributed by atoms with van der Waals surface area (Å²) in [6.07, 6.45) is -3.48. The predicted molar refractivity (Wildman–Crippen MR) is 226 cm³/mol. The van der Waals surface area contributed by atoms with Crippen LogP contribution >= 0.6 is 11.3 Å². The van der Waals surface area contributed by atoms with E-state index in [9.17, 15) is 19.2 Å². The Bertz CT molecular complexity index is 1960. The molecule has 16 heteroatoms. The second-order valence-electron chi connectivity index (χ2n) is 16.9. The topological polar surface area (TPSA) is 171 Å². The van der Waals surface area contributed by atoms with E-state index >= 15 is 0 Å². The average Bonchev–Trinajstić information content (AvgIpc) is 3.83. The number of aromatic nitrogens is 1. The molecule has 0 unspecified atom stereocenters. The lowest BCUT2D eigenvalue weighted by Crippen LogP contribution is -2.60. The number of cyclic esters (lactones) is 1. The van der Waals surface area contributed by atoms with Gasteiger partial charge >= 0.3 is 18.1 Å². The zero-order valence-electron chi connectivity index (χ0n) is 37.3. The van der Waals surface area contributed by atoms with E-state index in [4.69, 9.17) is 38.0 Å². The van der Waals surface area contributed by atoms with Gasteiger partial charge in [0.2, 0.25) is 0 Å². The molecule has 0 N–H and O–H groups in total. The van der Waals surface area contributed by atoms with Gasteiger partial charge in [-0.2, -0.15) is 0 Å². The van der Waals surface area contributed by atoms with E-state index in [2.05, 4.69) is 22.0 Å². The van der Waals surface area contributed by atoms with Gasteiger partial charge in [-0.3, -0.25) is 19.4 Å². The SMILES string of the molecule is CC[C@H]1OC(=O)[C@H](C)C(=O)[C@H](C)[C@@H](O[C@@H]2O[C@H](C)C[C@H](N(C)C)[C@H]2OC(C)=O)[C@](C)(OC)C[C@@H](C)/C(=N\OCC#Cc2ccc(-c3ccccn3)s2)[C@H](C)[C@H]2OC(=O)O[C@@]21C. The summed E-state index contributed by atoms with van der Waals surface area (Å²) >= 11 is 1.51. The molecule has 13 atom stereocenters. The average molecular weight is 868 g/mol. The lowest BCUT2D eigenvalue weighted by Gasteiger charge is -2.47. The molecule has 15 nitrogen and oxygen atoms in total. The maximum absolute atomic E-state index is 14.5. The van der Waals surface area contributed by atoms with Gasteiger partial charge in [0.15, 0.2) is 36.5 Å². The molecule has 5 heterocycles. The van der Waals surface area contributed by atoms with Crippen LogP contribution in [0.15, 0.2) is 41.7 Å². The molecule has 0 radical (unpaired) electrons. The summed E-state index contributed by atoms with van der Waals surface area (Å²) in [5, 5.41) is 4.65. The van der Waals surface area contributed by atoms with E-state index in [0.29, 0.717) is 12.1 Å². The van der Waals surface area contributed by atoms with Crippen molar-refractivity contribution < 1.29 is 57.2 Å². The summed E-state index contributed by atoms with van der Waals surface area (Å²) in [7, 11) is 5.29. The number of ketones is 1. The largest absolute Gasteiger partial charge is 0.509 e. The third-order valence-electron chi connectivity index (χ3n) is 12.1. The van der Waals surface area contributed by atoms with Crippen molar-refractivity contribution in [3.63, 3.8) is 0 Å². The normalized spacial score (nSPS) is 35.5. The Morgan fingerprint density at radius 1 is 1.05 bits per heavy atom. The van der Waals surface area contributed by atoms with Crippen molar-refractivity contribution in [1.29, 1.82) is 0 Å². The van der Waals surface area contributed by atoms with Crippen LogP contribution in [0.2, 0.25) is 0 Å². The van der Waals surface area contributed by atoms with Gasteiger partial charge in [-0.05, 0) is 85.3 Å². The minimum Gasteiger partial charge on any atom is -0.457 e. The summed E-state index contributed by atoms with van der Waals surface area (Å²) in [6.45, 7) is 15.4. The molecule has 334 valence electrons. The first-order valence-electron chi connectivity index (χ1n) is 20.9. The Balaban J connectivity index is 1.55. The second kappa shape index (κ2) is 20.2. The molecule has 5 rings (SSSR count). The van der Waals surface area contributed by atoms with Gasteiger partial charge in [0.05, 0.1) is 45.0 Å². The maximum Gasteiger partial charge on any atom is 0.509 e. The molecule has 3 aliphatic rings. The molecule has 0 aromatic carbocycles.